The first-order valence-electron chi connectivity index (χ1n) is 9.88. The van der Waals surface area contributed by atoms with Gasteiger partial charge in [-0.25, -0.2) is 4.98 Å². The van der Waals surface area contributed by atoms with Crippen molar-refractivity contribution in [2.75, 3.05) is 0 Å². The van der Waals surface area contributed by atoms with E-state index in [-0.39, 0.29) is 5.24 Å². The van der Waals surface area contributed by atoms with Gasteiger partial charge < -0.3 is 13.9 Å². The highest BCUT2D eigenvalue weighted by molar-refractivity contribution is 8.18. The van der Waals surface area contributed by atoms with Gasteiger partial charge in [0.1, 0.15) is 22.8 Å². The number of furan rings is 1. The number of carbonyl (C=O) groups excluding carboxylic acids is 2. The predicted octanol–water partition coefficient (Wildman–Crippen LogP) is 5.11. The Hall–Kier alpha value is -3.62. The number of aliphatic hydroxyl groups excluding tert-OH is 1. The molecular weight excluding hydrogens is 428 g/mol. The van der Waals surface area contributed by atoms with Crippen molar-refractivity contribution >= 4 is 40.0 Å². The predicted molar refractivity (Wildman–Crippen MR) is 121 cm³/mol. The number of imide groups is 1. The molecule has 3 heterocycles. The zero-order chi connectivity index (χ0) is 22.4. The lowest BCUT2D eigenvalue weighted by atomic mass is 10.1. The van der Waals surface area contributed by atoms with Gasteiger partial charge in [0.15, 0.2) is 6.10 Å². The molecule has 2 aromatic heterocycles. The zero-order valence-corrected chi connectivity index (χ0v) is 18.0. The van der Waals surface area contributed by atoms with Gasteiger partial charge in [0, 0.05) is 10.9 Å². The summed E-state index contributed by atoms with van der Waals surface area (Å²) in [6, 6.07) is 14.9. The summed E-state index contributed by atoms with van der Waals surface area (Å²) in [5.41, 5.74) is 3.63. The molecule has 0 aliphatic carbocycles. The van der Waals surface area contributed by atoms with Gasteiger partial charge in [-0.15, -0.1) is 0 Å². The molecule has 160 valence electrons. The second-order valence-electron chi connectivity index (χ2n) is 7.53. The number of nitrogens with one attached hydrogen (secondary N) is 1. The van der Waals surface area contributed by atoms with E-state index >= 15 is 0 Å². The molecule has 5 rings (SSSR count). The van der Waals surface area contributed by atoms with Crippen molar-refractivity contribution in [3.8, 4) is 11.5 Å². The van der Waals surface area contributed by atoms with E-state index in [4.69, 9.17) is 8.83 Å². The van der Waals surface area contributed by atoms with Crippen molar-refractivity contribution < 1.29 is 23.5 Å². The number of aromatic nitrogens is 1. The van der Waals surface area contributed by atoms with Crippen LogP contribution in [-0.2, 0) is 4.79 Å². The molecule has 1 aliphatic heterocycles. The Morgan fingerprint density at radius 3 is 2.69 bits per heavy atom. The summed E-state index contributed by atoms with van der Waals surface area (Å²) in [5, 5.41) is 13.5. The quantitative estimate of drug-likeness (QED) is 0.420. The fourth-order valence-corrected chi connectivity index (χ4v) is 4.26. The van der Waals surface area contributed by atoms with Gasteiger partial charge >= 0.3 is 0 Å². The summed E-state index contributed by atoms with van der Waals surface area (Å²) in [6.45, 7) is 3.74. The second kappa shape index (κ2) is 7.81. The standard InChI is InChI=1S/C24H18N2O5S/c1-12-4-3-5-15(8-12)23-25-20(13(2)30-23)21(27)18-11-16-9-14(6-7-17(16)31-18)10-19-22(28)26-24(29)32-19/h3-11,21,27H,1-2H3,(H,26,28,29)/b19-10-. The lowest BCUT2D eigenvalue weighted by molar-refractivity contribution is -0.115. The Bertz CT molecular complexity index is 1420. The van der Waals surface area contributed by atoms with Gasteiger partial charge in [0.05, 0.1) is 4.91 Å². The Labute approximate surface area is 187 Å². The molecule has 1 aliphatic rings. The van der Waals surface area contributed by atoms with Crippen molar-refractivity contribution in [1.29, 1.82) is 0 Å². The van der Waals surface area contributed by atoms with Gasteiger partial charge in [0.2, 0.25) is 5.89 Å². The van der Waals surface area contributed by atoms with Crippen molar-refractivity contribution in [2.24, 2.45) is 0 Å². The van der Waals surface area contributed by atoms with Crippen molar-refractivity contribution in [2.45, 2.75) is 20.0 Å². The number of aliphatic hydroxyl groups is 1. The fourth-order valence-electron chi connectivity index (χ4n) is 3.58. The van der Waals surface area contributed by atoms with E-state index in [0.29, 0.717) is 33.6 Å². The molecule has 0 bridgehead atoms. The Morgan fingerprint density at radius 2 is 1.94 bits per heavy atom. The first-order valence-corrected chi connectivity index (χ1v) is 10.7. The molecule has 0 saturated carbocycles. The Morgan fingerprint density at radius 1 is 1.09 bits per heavy atom. The van der Waals surface area contributed by atoms with E-state index in [1.807, 2.05) is 37.3 Å². The minimum atomic E-state index is -1.10. The number of carbonyl (C=O) groups is 2. The molecule has 0 spiro atoms. The number of hydrogen-bond acceptors (Lipinski definition) is 7. The summed E-state index contributed by atoms with van der Waals surface area (Å²) >= 11 is 0.864. The van der Waals surface area contributed by atoms with Crippen molar-refractivity contribution in [3.05, 3.63) is 81.8 Å². The van der Waals surface area contributed by atoms with E-state index in [0.717, 1.165) is 33.8 Å². The average Bonchev–Trinajstić information content (AvgIpc) is 3.44. The zero-order valence-electron chi connectivity index (χ0n) is 17.2. The molecule has 2 aromatic carbocycles. The van der Waals surface area contributed by atoms with Crippen LogP contribution >= 0.6 is 11.8 Å². The van der Waals surface area contributed by atoms with E-state index < -0.39 is 12.0 Å². The molecule has 1 atom stereocenters. The first-order chi connectivity index (χ1) is 15.4. The summed E-state index contributed by atoms with van der Waals surface area (Å²) in [5.74, 6) is 0.871. The third-order valence-electron chi connectivity index (χ3n) is 5.13. The highest BCUT2D eigenvalue weighted by Crippen LogP contribution is 2.33. The van der Waals surface area contributed by atoms with Gasteiger partial charge in [-0.1, -0.05) is 23.8 Å². The van der Waals surface area contributed by atoms with Gasteiger partial charge in [-0.3, -0.25) is 14.9 Å². The van der Waals surface area contributed by atoms with Crippen LogP contribution in [0.4, 0.5) is 4.79 Å². The van der Waals surface area contributed by atoms with E-state index in [1.165, 1.54) is 0 Å². The number of hydrogen-bond donors (Lipinski definition) is 2. The number of benzene rings is 2. The summed E-state index contributed by atoms with van der Waals surface area (Å²) < 4.78 is 11.6. The van der Waals surface area contributed by atoms with Crippen molar-refractivity contribution in [3.63, 3.8) is 0 Å². The molecule has 1 fully saturated rings. The average molecular weight is 446 g/mol. The molecule has 2 amide bonds. The monoisotopic (exact) mass is 446 g/mol. The molecule has 32 heavy (non-hydrogen) atoms. The van der Waals surface area contributed by atoms with Gasteiger partial charge in [0.25, 0.3) is 11.1 Å². The number of nitrogens with zero attached hydrogens (tertiary/aromatic N) is 1. The van der Waals surface area contributed by atoms with Crippen LogP contribution in [0.15, 0.2) is 62.3 Å². The maximum absolute atomic E-state index is 11.8. The minimum Gasteiger partial charge on any atom is -0.458 e. The van der Waals surface area contributed by atoms with Crippen LogP contribution in [-0.4, -0.2) is 21.2 Å². The number of thioether (sulfide) groups is 1. The largest absolute Gasteiger partial charge is 0.458 e. The maximum Gasteiger partial charge on any atom is 0.290 e. The van der Waals surface area contributed by atoms with Gasteiger partial charge in [-0.2, -0.15) is 0 Å². The van der Waals surface area contributed by atoms with Crippen LogP contribution in [0.2, 0.25) is 0 Å². The Balaban J connectivity index is 1.45. The first kappa shape index (κ1) is 20.3. The highest BCUT2D eigenvalue weighted by atomic mass is 32.2. The smallest absolute Gasteiger partial charge is 0.290 e. The number of fused-ring (bicyclic) bond motifs is 1. The molecule has 4 aromatic rings. The number of aryl methyl sites for hydroxylation is 2. The molecule has 1 saturated heterocycles. The van der Waals surface area contributed by atoms with E-state index in [2.05, 4.69) is 10.3 Å². The minimum absolute atomic E-state index is 0.333. The molecule has 0 radical (unpaired) electrons. The van der Waals surface area contributed by atoms with Crippen LogP contribution in [0.3, 0.4) is 0 Å². The normalized spacial score (nSPS) is 16.2. The van der Waals surface area contributed by atoms with Crippen LogP contribution in [0.1, 0.15) is 34.4 Å². The highest BCUT2D eigenvalue weighted by Gasteiger charge is 2.26. The molecule has 8 heteroatoms. The van der Waals surface area contributed by atoms with E-state index in [1.54, 1.807) is 31.2 Å². The summed E-state index contributed by atoms with van der Waals surface area (Å²) in [6.07, 6.45) is 0.545. The molecule has 7 nitrogen and oxygen atoms in total. The summed E-state index contributed by atoms with van der Waals surface area (Å²) in [7, 11) is 0. The summed E-state index contributed by atoms with van der Waals surface area (Å²) in [4.78, 5) is 28.0. The fraction of sp³-hybridized carbons (Fsp3) is 0.125. The maximum atomic E-state index is 11.8. The number of amides is 2. The lowest BCUT2D eigenvalue weighted by Crippen LogP contribution is -2.17. The molecule has 1 unspecified atom stereocenters. The lowest BCUT2D eigenvalue weighted by Gasteiger charge is -2.03. The van der Waals surface area contributed by atoms with Gasteiger partial charge in [-0.05, 0) is 67.6 Å². The van der Waals surface area contributed by atoms with Crippen LogP contribution in [0.25, 0.3) is 28.5 Å². The SMILES string of the molecule is Cc1cccc(-c2nc(C(O)c3cc4cc(/C=C5\SC(=O)NC5=O)ccc4o3)c(C)o2)c1. The van der Waals surface area contributed by atoms with E-state index in [9.17, 15) is 14.7 Å². The van der Waals surface area contributed by atoms with Crippen LogP contribution < -0.4 is 5.32 Å². The van der Waals surface area contributed by atoms with Crippen molar-refractivity contribution in [1.82, 2.24) is 10.3 Å². The second-order valence-corrected chi connectivity index (χ2v) is 8.55. The Kier molecular flexibility index (Phi) is 4.96. The van der Waals surface area contributed by atoms with Crippen LogP contribution in [0, 0.1) is 13.8 Å². The molecular formula is C24H18N2O5S. The topological polar surface area (TPSA) is 106 Å². The number of oxazole rings is 1. The number of rotatable bonds is 4. The van der Waals surface area contributed by atoms with Crippen LogP contribution in [0.5, 0.6) is 0 Å². The molecule has 2 N–H and O–H groups in total. The third-order valence-corrected chi connectivity index (χ3v) is 5.94. The third kappa shape index (κ3) is 3.74.